The standard InChI is InChI=1S/C16H23F2N3O2/c1-20-7-6-12(13-4-2-3-5-14(13)20)10-19-16(23)21(8-9-22)11-15(17)18/h2-5,12,15,22H,6-11H2,1H3,(H,19,23)/t12-/m1/s1. The minimum absolute atomic E-state index is 0.0971. The first-order valence-corrected chi connectivity index (χ1v) is 7.74. The van der Waals surface area contributed by atoms with Gasteiger partial charge in [-0.2, -0.15) is 0 Å². The third-order valence-electron chi connectivity index (χ3n) is 4.12. The van der Waals surface area contributed by atoms with Gasteiger partial charge in [0, 0.05) is 38.3 Å². The lowest BCUT2D eigenvalue weighted by atomic mass is 9.90. The van der Waals surface area contributed by atoms with Crippen LogP contribution in [0.1, 0.15) is 17.9 Å². The Hall–Kier alpha value is -1.89. The molecule has 23 heavy (non-hydrogen) atoms. The molecule has 1 aromatic carbocycles. The van der Waals surface area contributed by atoms with Crippen molar-refractivity contribution < 1.29 is 18.7 Å². The molecule has 2 N–H and O–H groups in total. The van der Waals surface area contributed by atoms with E-state index in [4.69, 9.17) is 5.11 Å². The quantitative estimate of drug-likeness (QED) is 0.839. The fourth-order valence-corrected chi connectivity index (χ4v) is 2.90. The van der Waals surface area contributed by atoms with Crippen LogP contribution in [0.5, 0.6) is 0 Å². The van der Waals surface area contributed by atoms with Gasteiger partial charge < -0.3 is 20.2 Å². The van der Waals surface area contributed by atoms with Gasteiger partial charge in [0.25, 0.3) is 6.43 Å². The lowest BCUT2D eigenvalue weighted by Gasteiger charge is -2.33. The molecule has 0 aromatic heterocycles. The number of nitrogens with one attached hydrogen (secondary N) is 1. The minimum atomic E-state index is -2.61. The Bertz CT molecular complexity index is 528. The van der Waals surface area contributed by atoms with Crippen LogP contribution in [0.25, 0.3) is 0 Å². The number of rotatable bonds is 6. The molecule has 1 aliphatic heterocycles. The number of aliphatic hydroxyl groups is 1. The summed E-state index contributed by atoms with van der Waals surface area (Å²) in [6, 6.07) is 7.45. The number of benzene rings is 1. The molecule has 0 radical (unpaired) electrons. The van der Waals surface area contributed by atoms with Crippen molar-refractivity contribution in [2.45, 2.75) is 18.8 Å². The van der Waals surface area contributed by atoms with Gasteiger partial charge in [-0.25, -0.2) is 13.6 Å². The molecule has 128 valence electrons. The summed E-state index contributed by atoms with van der Waals surface area (Å²) in [5.74, 6) is 0.161. The number of hydrogen-bond donors (Lipinski definition) is 2. The molecule has 1 atom stereocenters. The molecule has 0 fully saturated rings. The summed E-state index contributed by atoms with van der Waals surface area (Å²) in [5.41, 5.74) is 2.29. The fraction of sp³-hybridized carbons (Fsp3) is 0.562. The van der Waals surface area contributed by atoms with Gasteiger partial charge >= 0.3 is 6.03 Å². The number of para-hydroxylation sites is 1. The molecule has 0 bridgehead atoms. The predicted octanol–water partition coefficient (Wildman–Crippen LogP) is 1.88. The molecule has 0 aliphatic carbocycles. The first-order valence-electron chi connectivity index (χ1n) is 7.74. The number of amides is 2. The zero-order valence-electron chi connectivity index (χ0n) is 13.2. The normalized spacial score (nSPS) is 17.1. The number of halogens is 2. The molecule has 2 rings (SSSR count). The van der Waals surface area contributed by atoms with Gasteiger partial charge in [-0.3, -0.25) is 0 Å². The van der Waals surface area contributed by atoms with Gasteiger partial charge in [0.2, 0.25) is 0 Å². The topological polar surface area (TPSA) is 55.8 Å². The summed E-state index contributed by atoms with van der Waals surface area (Å²) in [4.78, 5) is 15.2. The molecular weight excluding hydrogens is 304 g/mol. The maximum atomic E-state index is 12.5. The van der Waals surface area contributed by atoms with Crippen molar-refractivity contribution >= 4 is 11.7 Å². The van der Waals surface area contributed by atoms with Crippen LogP contribution in [-0.4, -0.2) is 62.3 Å². The van der Waals surface area contributed by atoms with Crippen LogP contribution in [0.15, 0.2) is 24.3 Å². The van der Waals surface area contributed by atoms with Gasteiger partial charge in [0.05, 0.1) is 13.2 Å². The van der Waals surface area contributed by atoms with Gasteiger partial charge in [0.1, 0.15) is 0 Å². The second-order valence-electron chi connectivity index (χ2n) is 5.71. The lowest BCUT2D eigenvalue weighted by Crippen LogP contribution is -2.45. The van der Waals surface area contributed by atoms with Crippen LogP contribution in [0.3, 0.4) is 0 Å². The first-order chi connectivity index (χ1) is 11.0. The maximum Gasteiger partial charge on any atom is 0.317 e. The summed E-state index contributed by atoms with van der Waals surface area (Å²) in [6.07, 6.45) is -1.72. The average molecular weight is 327 g/mol. The molecule has 7 heteroatoms. The van der Waals surface area contributed by atoms with Crippen LogP contribution >= 0.6 is 0 Å². The number of urea groups is 1. The summed E-state index contributed by atoms with van der Waals surface area (Å²) in [5, 5.41) is 11.6. The van der Waals surface area contributed by atoms with Crippen molar-refractivity contribution in [1.82, 2.24) is 10.2 Å². The van der Waals surface area contributed by atoms with Crippen LogP contribution in [-0.2, 0) is 0 Å². The van der Waals surface area contributed by atoms with Crippen LogP contribution in [0.2, 0.25) is 0 Å². The van der Waals surface area contributed by atoms with E-state index in [9.17, 15) is 13.6 Å². The van der Waals surface area contributed by atoms with Gasteiger partial charge in [-0.15, -0.1) is 0 Å². The number of carbonyl (C=O) groups excluding carboxylic acids is 1. The van der Waals surface area contributed by atoms with E-state index in [0.717, 1.165) is 29.1 Å². The Kier molecular flexibility index (Phi) is 6.15. The van der Waals surface area contributed by atoms with E-state index in [1.807, 2.05) is 31.3 Å². The smallest absolute Gasteiger partial charge is 0.317 e. The fourth-order valence-electron chi connectivity index (χ4n) is 2.90. The molecule has 0 unspecified atom stereocenters. The highest BCUT2D eigenvalue weighted by atomic mass is 19.3. The Labute approximate surface area is 134 Å². The monoisotopic (exact) mass is 327 g/mol. The second kappa shape index (κ2) is 8.10. The zero-order valence-corrected chi connectivity index (χ0v) is 13.2. The largest absolute Gasteiger partial charge is 0.395 e. The lowest BCUT2D eigenvalue weighted by molar-refractivity contribution is 0.0902. The number of hydrogen-bond acceptors (Lipinski definition) is 3. The van der Waals surface area contributed by atoms with Gasteiger partial charge in [-0.1, -0.05) is 18.2 Å². The second-order valence-corrected chi connectivity index (χ2v) is 5.71. The third kappa shape index (κ3) is 4.54. The SMILES string of the molecule is CN1CC[C@H](CNC(=O)N(CCO)CC(F)F)c2ccccc21. The van der Waals surface area contributed by atoms with Crippen molar-refractivity contribution in [3.05, 3.63) is 29.8 Å². The molecule has 0 spiro atoms. The Morgan fingerprint density at radius 1 is 1.48 bits per heavy atom. The van der Waals surface area contributed by atoms with Gasteiger partial charge in [-0.05, 0) is 18.1 Å². The summed E-state index contributed by atoms with van der Waals surface area (Å²) < 4.78 is 25.0. The number of fused-ring (bicyclic) bond motifs is 1. The highest BCUT2D eigenvalue weighted by Crippen LogP contribution is 2.33. The molecule has 1 aliphatic rings. The van der Waals surface area contributed by atoms with Crippen molar-refractivity contribution in [2.24, 2.45) is 0 Å². The van der Waals surface area contributed by atoms with Crippen molar-refractivity contribution in [3.63, 3.8) is 0 Å². The van der Waals surface area contributed by atoms with Crippen LogP contribution < -0.4 is 10.2 Å². The third-order valence-corrected chi connectivity index (χ3v) is 4.12. The van der Waals surface area contributed by atoms with Crippen molar-refractivity contribution in [1.29, 1.82) is 0 Å². The molecular formula is C16H23F2N3O2. The van der Waals surface area contributed by atoms with Crippen molar-refractivity contribution in [3.8, 4) is 0 Å². The Balaban J connectivity index is 1.97. The molecule has 2 amide bonds. The van der Waals surface area contributed by atoms with E-state index in [2.05, 4.69) is 10.2 Å². The van der Waals surface area contributed by atoms with Gasteiger partial charge in [0.15, 0.2) is 0 Å². The van der Waals surface area contributed by atoms with E-state index in [1.54, 1.807) is 0 Å². The van der Waals surface area contributed by atoms with E-state index < -0.39 is 19.0 Å². The Morgan fingerprint density at radius 2 is 2.22 bits per heavy atom. The van der Waals surface area contributed by atoms with E-state index >= 15 is 0 Å². The number of anilines is 1. The van der Waals surface area contributed by atoms with Crippen molar-refractivity contribution in [2.75, 3.05) is 44.7 Å². The summed E-state index contributed by atoms with van der Waals surface area (Å²) in [6.45, 7) is 0.178. The predicted molar refractivity (Wildman–Crippen MR) is 85.1 cm³/mol. The molecule has 0 saturated heterocycles. The molecule has 0 saturated carbocycles. The highest BCUT2D eigenvalue weighted by molar-refractivity contribution is 5.74. The first kappa shape index (κ1) is 17.5. The maximum absolute atomic E-state index is 12.5. The zero-order chi connectivity index (χ0) is 16.8. The molecule has 1 aromatic rings. The van der Waals surface area contributed by atoms with E-state index in [0.29, 0.717) is 6.54 Å². The summed E-state index contributed by atoms with van der Waals surface area (Å²) >= 11 is 0. The van der Waals surface area contributed by atoms with Crippen LogP contribution in [0, 0.1) is 0 Å². The average Bonchev–Trinajstić information content (AvgIpc) is 2.53. The van der Waals surface area contributed by atoms with E-state index in [1.165, 1.54) is 0 Å². The number of nitrogens with zero attached hydrogens (tertiary/aromatic N) is 2. The summed E-state index contributed by atoms with van der Waals surface area (Å²) in [7, 11) is 2.03. The Morgan fingerprint density at radius 3 is 2.91 bits per heavy atom. The number of carbonyl (C=O) groups is 1. The number of alkyl halides is 2. The molecule has 5 nitrogen and oxygen atoms in total. The van der Waals surface area contributed by atoms with E-state index in [-0.39, 0.29) is 19.1 Å². The number of aliphatic hydroxyl groups excluding tert-OH is 1. The van der Waals surface area contributed by atoms with Crippen LogP contribution in [0.4, 0.5) is 19.3 Å². The highest BCUT2D eigenvalue weighted by Gasteiger charge is 2.24. The minimum Gasteiger partial charge on any atom is -0.395 e. The molecule has 1 heterocycles.